The first-order valence-electron chi connectivity index (χ1n) is 8.87. The molecule has 1 atom stereocenters. The lowest BCUT2D eigenvalue weighted by atomic mass is 9.83. The molecule has 4 heteroatoms. The zero-order chi connectivity index (χ0) is 16.1. The Morgan fingerprint density at radius 3 is 2.58 bits per heavy atom. The van der Waals surface area contributed by atoms with Gasteiger partial charge in [0.1, 0.15) is 0 Å². The number of hydrogen-bond acceptors (Lipinski definition) is 3. The highest BCUT2D eigenvalue weighted by Gasteiger charge is 2.42. The zero-order valence-corrected chi connectivity index (χ0v) is 13.7. The second kappa shape index (κ2) is 5.42. The van der Waals surface area contributed by atoms with Crippen molar-refractivity contribution in [3.63, 3.8) is 0 Å². The first-order valence-corrected chi connectivity index (χ1v) is 8.87. The molecule has 1 aromatic heterocycles. The molecule has 1 amide bonds. The van der Waals surface area contributed by atoms with Gasteiger partial charge in [0.15, 0.2) is 0 Å². The minimum Gasteiger partial charge on any atom is -0.330 e. The maximum Gasteiger partial charge on any atom is 0.254 e. The lowest BCUT2D eigenvalue weighted by molar-refractivity contribution is 0.00849. The Balaban J connectivity index is 1.51. The Morgan fingerprint density at radius 1 is 1.04 bits per heavy atom. The van der Waals surface area contributed by atoms with Crippen LogP contribution in [0.1, 0.15) is 28.8 Å². The molecular formula is C20H21N3O. The molecule has 4 aliphatic rings. The first kappa shape index (κ1) is 14.2. The van der Waals surface area contributed by atoms with E-state index in [2.05, 4.69) is 26.9 Å². The average molecular weight is 319 g/mol. The topological polar surface area (TPSA) is 36.4 Å². The van der Waals surface area contributed by atoms with Crippen molar-refractivity contribution in [1.29, 1.82) is 0 Å². The molecule has 0 aliphatic carbocycles. The molecule has 0 unspecified atom stereocenters. The van der Waals surface area contributed by atoms with Crippen molar-refractivity contribution in [3.8, 4) is 11.1 Å². The third-order valence-electron chi connectivity index (χ3n) is 5.99. The SMILES string of the molecule is O=C1c2cccc(-c3cccnc3)c2CN1[C@H]1CN2CCC1CC2. The van der Waals surface area contributed by atoms with Gasteiger partial charge in [-0.1, -0.05) is 18.2 Å². The molecule has 24 heavy (non-hydrogen) atoms. The van der Waals surface area contributed by atoms with Gasteiger partial charge < -0.3 is 9.80 Å². The minimum absolute atomic E-state index is 0.217. The van der Waals surface area contributed by atoms with Crippen molar-refractivity contribution in [2.75, 3.05) is 19.6 Å². The summed E-state index contributed by atoms with van der Waals surface area (Å²) in [5, 5.41) is 0. The van der Waals surface area contributed by atoms with E-state index in [0.29, 0.717) is 12.0 Å². The van der Waals surface area contributed by atoms with Gasteiger partial charge >= 0.3 is 0 Å². The fourth-order valence-electron chi connectivity index (χ4n) is 4.70. The molecule has 3 saturated heterocycles. The van der Waals surface area contributed by atoms with Crippen molar-refractivity contribution >= 4 is 5.91 Å². The monoisotopic (exact) mass is 319 g/mol. The van der Waals surface area contributed by atoms with Crippen LogP contribution in [0.15, 0.2) is 42.7 Å². The van der Waals surface area contributed by atoms with Crippen LogP contribution in [0.25, 0.3) is 11.1 Å². The Hall–Kier alpha value is -2.20. The summed E-state index contributed by atoms with van der Waals surface area (Å²) in [7, 11) is 0. The molecule has 0 saturated carbocycles. The standard InChI is InChI=1S/C20H21N3O/c24-20-17-5-1-4-16(15-3-2-8-21-11-15)18(17)12-23(20)19-13-22-9-6-14(19)7-10-22/h1-5,8,11,14,19H,6-7,9-10,12-13H2/t19-/m0/s1. The number of benzene rings is 1. The van der Waals surface area contributed by atoms with Crippen molar-refractivity contribution in [3.05, 3.63) is 53.9 Å². The molecular weight excluding hydrogens is 298 g/mol. The number of fused-ring (bicyclic) bond motifs is 4. The van der Waals surface area contributed by atoms with Gasteiger partial charge in [-0.2, -0.15) is 0 Å². The van der Waals surface area contributed by atoms with E-state index in [0.717, 1.165) is 29.8 Å². The number of carbonyl (C=O) groups excluding carboxylic acids is 1. The summed E-state index contributed by atoms with van der Waals surface area (Å²) in [5.41, 5.74) is 4.30. The Kier molecular flexibility index (Phi) is 3.20. The number of nitrogens with zero attached hydrogens (tertiary/aromatic N) is 3. The van der Waals surface area contributed by atoms with Gasteiger partial charge in [0, 0.05) is 42.7 Å². The van der Waals surface area contributed by atoms with E-state index in [1.54, 1.807) is 6.20 Å². The molecule has 122 valence electrons. The van der Waals surface area contributed by atoms with Crippen LogP contribution < -0.4 is 0 Å². The normalized spacial score (nSPS) is 28.2. The van der Waals surface area contributed by atoms with Crippen LogP contribution in [-0.2, 0) is 6.54 Å². The molecule has 4 nitrogen and oxygen atoms in total. The number of amides is 1. The minimum atomic E-state index is 0.217. The van der Waals surface area contributed by atoms with Crippen LogP contribution in [0.3, 0.4) is 0 Å². The van der Waals surface area contributed by atoms with Crippen LogP contribution >= 0.6 is 0 Å². The van der Waals surface area contributed by atoms with Gasteiger partial charge in [0.2, 0.25) is 0 Å². The van der Waals surface area contributed by atoms with Crippen LogP contribution in [0.5, 0.6) is 0 Å². The molecule has 0 spiro atoms. The predicted octanol–water partition coefficient (Wildman–Crippen LogP) is 2.80. The summed E-state index contributed by atoms with van der Waals surface area (Å²) in [6, 6.07) is 10.5. The maximum atomic E-state index is 13.0. The third-order valence-corrected chi connectivity index (χ3v) is 5.99. The van der Waals surface area contributed by atoms with Crippen LogP contribution in [-0.4, -0.2) is 46.4 Å². The predicted molar refractivity (Wildman–Crippen MR) is 92.5 cm³/mol. The van der Waals surface area contributed by atoms with Crippen molar-refractivity contribution in [2.24, 2.45) is 5.92 Å². The van der Waals surface area contributed by atoms with Crippen LogP contribution in [0.2, 0.25) is 0 Å². The van der Waals surface area contributed by atoms with Crippen molar-refractivity contribution in [2.45, 2.75) is 25.4 Å². The summed E-state index contributed by atoms with van der Waals surface area (Å²) in [6.07, 6.45) is 6.15. The second-order valence-corrected chi connectivity index (χ2v) is 7.21. The fourth-order valence-corrected chi connectivity index (χ4v) is 4.70. The number of piperidine rings is 3. The van der Waals surface area contributed by atoms with Crippen LogP contribution in [0, 0.1) is 5.92 Å². The van der Waals surface area contributed by atoms with Crippen molar-refractivity contribution < 1.29 is 4.79 Å². The highest BCUT2D eigenvalue weighted by molar-refractivity contribution is 6.00. The van der Waals surface area contributed by atoms with E-state index >= 15 is 0 Å². The summed E-state index contributed by atoms with van der Waals surface area (Å²) in [4.78, 5) is 21.9. The molecule has 5 heterocycles. The van der Waals surface area contributed by atoms with Gasteiger partial charge in [-0.3, -0.25) is 9.78 Å². The summed E-state index contributed by atoms with van der Waals surface area (Å²) in [5.74, 6) is 0.893. The summed E-state index contributed by atoms with van der Waals surface area (Å²) in [6.45, 7) is 4.20. The van der Waals surface area contributed by atoms with E-state index in [9.17, 15) is 4.79 Å². The fraction of sp³-hybridized carbons (Fsp3) is 0.400. The van der Waals surface area contributed by atoms with Gasteiger partial charge in [0.25, 0.3) is 5.91 Å². The van der Waals surface area contributed by atoms with E-state index in [1.807, 2.05) is 24.4 Å². The lowest BCUT2D eigenvalue weighted by Crippen LogP contribution is -2.57. The van der Waals surface area contributed by atoms with E-state index in [1.165, 1.54) is 31.5 Å². The van der Waals surface area contributed by atoms with Gasteiger partial charge in [-0.15, -0.1) is 0 Å². The van der Waals surface area contributed by atoms with Gasteiger partial charge in [0.05, 0.1) is 0 Å². The lowest BCUT2D eigenvalue weighted by Gasteiger charge is -2.48. The number of pyridine rings is 1. The largest absolute Gasteiger partial charge is 0.330 e. The smallest absolute Gasteiger partial charge is 0.254 e. The zero-order valence-electron chi connectivity index (χ0n) is 13.7. The average Bonchev–Trinajstić information content (AvgIpc) is 3.00. The molecule has 2 aromatic rings. The molecule has 0 radical (unpaired) electrons. The molecule has 6 rings (SSSR count). The number of carbonyl (C=O) groups is 1. The van der Waals surface area contributed by atoms with E-state index in [4.69, 9.17) is 0 Å². The highest BCUT2D eigenvalue weighted by atomic mass is 16.2. The van der Waals surface area contributed by atoms with Gasteiger partial charge in [-0.05, 0) is 55.1 Å². The maximum absolute atomic E-state index is 13.0. The Bertz CT molecular complexity index is 781. The van der Waals surface area contributed by atoms with Crippen LogP contribution in [0.4, 0.5) is 0 Å². The van der Waals surface area contributed by atoms with Gasteiger partial charge in [-0.25, -0.2) is 0 Å². The quantitative estimate of drug-likeness (QED) is 0.854. The molecule has 0 N–H and O–H groups in total. The summed E-state index contributed by atoms with van der Waals surface area (Å²) >= 11 is 0. The second-order valence-electron chi connectivity index (χ2n) is 7.21. The van der Waals surface area contributed by atoms with E-state index < -0.39 is 0 Å². The molecule has 1 aromatic carbocycles. The Morgan fingerprint density at radius 2 is 1.88 bits per heavy atom. The van der Waals surface area contributed by atoms with E-state index in [-0.39, 0.29) is 5.91 Å². The molecule has 3 fully saturated rings. The molecule has 4 aliphatic heterocycles. The number of aromatic nitrogens is 1. The third kappa shape index (κ3) is 2.09. The highest BCUT2D eigenvalue weighted by Crippen LogP contribution is 2.38. The number of rotatable bonds is 2. The first-order chi connectivity index (χ1) is 11.8. The summed E-state index contributed by atoms with van der Waals surface area (Å²) < 4.78 is 0. The molecule has 2 bridgehead atoms. The van der Waals surface area contributed by atoms with Crippen molar-refractivity contribution in [1.82, 2.24) is 14.8 Å². The number of hydrogen-bond donors (Lipinski definition) is 0. The Labute approximate surface area is 142 Å².